The van der Waals surface area contributed by atoms with Gasteiger partial charge in [0.25, 0.3) is 0 Å². The highest BCUT2D eigenvalue weighted by molar-refractivity contribution is 7.03. The van der Waals surface area contributed by atoms with Crippen LogP contribution in [0.4, 0.5) is 0 Å². The van der Waals surface area contributed by atoms with Gasteiger partial charge in [0.2, 0.25) is 0 Å². The molecule has 0 aliphatic carbocycles. The van der Waals surface area contributed by atoms with Gasteiger partial charge in [-0.1, -0.05) is 53.0 Å². The molecule has 2 aromatic carbocycles. The van der Waals surface area contributed by atoms with E-state index in [4.69, 9.17) is 0 Å². The van der Waals surface area contributed by atoms with Gasteiger partial charge < -0.3 is 0 Å². The van der Waals surface area contributed by atoms with Crippen molar-refractivity contribution >= 4 is 17.2 Å². The molecule has 0 saturated heterocycles. The minimum atomic E-state index is 0.848. The van der Waals surface area contributed by atoms with Crippen LogP contribution >= 0.6 is 11.5 Å². The minimum absolute atomic E-state index is 0.848. The third kappa shape index (κ3) is 2.21. The van der Waals surface area contributed by atoms with E-state index in [1.54, 1.807) is 6.20 Å². The van der Waals surface area contributed by atoms with Crippen LogP contribution in [0.3, 0.4) is 0 Å². The molecule has 105 valence electrons. The number of allylic oxidation sites excluding steroid dienone is 1. The van der Waals surface area contributed by atoms with Crippen molar-refractivity contribution in [3.63, 3.8) is 0 Å². The Balaban J connectivity index is 1.99. The van der Waals surface area contributed by atoms with Crippen LogP contribution in [0, 0.1) is 0 Å². The molecule has 4 rings (SSSR count). The monoisotopic (exact) mass is 303 g/mol. The Morgan fingerprint density at radius 2 is 1.73 bits per heavy atom. The predicted molar refractivity (Wildman–Crippen MR) is 88.6 cm³/mol. The third-order valence-corrected chi connectivity index (χ3v) is 4.01. The first-order valence-electron chi connectivity index (χ1n) is 6.84. The zero-order chi connectivity index (χ0) is 14.8. The van der Waals surface area contributed by atoms with Gasteiger partial charge in [-0.2, -0.15) is 10.5 Å². The summed E-state index contributed by atoms with van der Waals surface area (Å²) in [5.74, 6) is 0. The van der Waals surface area contributed by atoms with E-state index in [-0.39, 0.29) is 0 Å². The van der Waals surface area contributed by atoms with Crippen LogP contribution in [0.1, 0.15) is 5.56 Å². The fraction of sp³-hybridized carbons (Fsp3) is 0. The summed E-state index contributed by atoms with van der Waals surface area (Å²) in [4.78, 5) is 0. The molecule has 0 atom stereocenters. The van der Waals surface area contributed by atoms with Crippen LogP contribution in [0.5, 0.6) is 0 Å². The second-order valence-electron chi connectivity index (χ2n) is 4.80. The summed E-state index contributed by atoms with van der Waals surface area (Å²) < 4.78 is 4.01. The summed E-state index contributed by atoms with van der Waals surface area (Å²) in [5.41, 5.74) is 9.98. The van der Waals surface area contributed by atoms with Crippen LogP contribution in [0.15, 0.2) is 71.3 Å². The molecule has 3 aromatic rings. The molecule has 0 saturated carbocycles. The number of hydrogen-bond donors (Lipinski definition) is 0. The van der Waals surface area contributed by atoms with E-state index in [0.29, 0.717) is 0 Å². The lowest BCUT2D eigenvalue weighted by Gasteiger charge is -2.12. The number of rotatable bonds is 3. The lowest BCUT2D eigenvalue weighted by atomic mass is 9.91. The highest BCUT2D eigenvalue weighted by atomic mass is 32.1. The Bertz CT molecular complexity index is 852. The van der Waals surface area contributed by atoms with E-state index in [1.165, 1.54) is 11.5 Å². The van der Waals surface area contributed by atoms with Gasteiger partial charge >= 0.3 is 0 Å². The second-order valence-corrected chi connectivity index (χ2v) is 5.41. The fourth-order valence-electron chi connectivity index (χ4n) is 2.55. The Labute approximate surface area is 132 Å². The topological polar surface area (TPSA) is 52.2 Å². The maximum atomic E-state index is 4.26. The third-order valence-electron chi connectivity index (χ3n) is 3.51. The Morgan fingerprint density at radius 3 is 2.45 bits per heavy atom. The Hall–Kier alpha value is -2.79. The second kappa shape index (κ2) is 5.54. The van der Waals surface area contributed by atoms with Crippen LogP contribution in [0.25, 0.3) is 22.4 Å². The van der Waals surface area contributed by atoms with Crippen molar-refractivity contribution in [3.8, 4) is 22.4 Å². The highest BCUT2D eigenvalue weighted by Gasteiger charge is 2.18. The lowest BCUT2D eigenvalue weighted by molar-refractivity contribution is 0.972. The summed E-state index contributed by atoms with van der Waals surface area (Å²) in [6.07, 6.45) is 3.61. The van der Waals surface area contributed by atoms with Gasteiger partial charge in [-0.25, -0.2) is 0 Å². The molecule has 0 amide bonds. The quantitative estimate of drug-likeness (QED) is 0.740. The van der Waals surface area contributed by atoms with Crippen molar-refractivity contribution in [2.45, 2.75) is 0 Å². The van der Waals surface area contributed by atoms with Gasteiger partial charge in [-0.3, -0.25) is 0 Å². The number of aromatic nitrogens is 2. The molecule has 0 N–H and O–H groups in total. The smallest absolute Gasteiger partial charge is 0.107 e. The predicted octanol–water partition coefficient (Wildman–Crippen LogP) is 3.71. The average Bonchev–Trinajstić information content (AvgIpc) is 3.28. The van der Waals surface area contributed by atoms with Crippen molar-refractivity contribution in [1.82, 2.24) is 15.0 Å². The molecule has 1 aliphatic heterocycles. The molecule has 22 heavy (non-hydrogen) atoms. The normalized spacial score (nSPS) is 13.0. The van der Waals surface area contributed by atoms with Gasteiger partial charge in [0.05, 0.1) is 11.9 Å². The molecule has 1 aliphatic rings. The van der Waals surface area contributed by atoms with E-state index in [2.05, 4.69) is 38.3 Å². The van der Waals surface area contributed by atoms with Crippen molar-refractivity contribution in [1.29, 1.82) is 0 Å². The first kappa shape index (κ1) is 12.9. The minimum Gasteiger partial charge on any atom is -0.158 e. The fourth-order valence-corrected chi connectivity index (χ4v) is 3.00. The molecule has 0 spiro atoms. The highest BCUT2D eigenvalue weighted by Crippen LogP contribution is 2.35. The van der Waals surface area contributed by atoms with Crippen LogP contribution in [-0.2, 0) is 0 Å². The van der Waals surface area contributed by atoms with E-state index >= 15 is 0 Å². The first-order valence-corrected chi connectivity index (χ1v) is 7.68. The van der Waals surface area contributed by atoms with Gasteiger partial charge in [0, 0.05) is 16.5 Å². The SMILES string of the molecule is C1=CC(c2cccc(-c3ccccc3)c2-c2csnn2)=N[N]1. The van der Waals surface area contributed by atoms with Gasteiger partial charge in [0.15, 0.2) is 0 Å². The van der Waals surface area contributed by atoms with E-state index < -0.39 is 0 Å². The van der Waals surface area contributed by atoms with Crippen molar-refractivity contribution in [2.24, 2.45) is 5.10 Å². The maximum Gasteiger partial charge on any atom is 0.107 e. The molecule has 1 aromatic heterocycles. The van der Waals surface area contributed by atoms with Gasteiger partial charge in [-0.15, -0.1) is 5.10 Å². The molecule has 0 bridgehead atoms. The van der Waals surface area contributed by atoms with Gasteiger partial charge in [-0.05, 0) is 28.7 Å². The Morgan fingerprint density at radius 1 is 0.864 bits per heavy atom. The average molecular weight is 303 g/mol. The van der Waals surface area contributed by atoms with Gasteiger partial charge in [0.1, 0.15) is 5.69 Å². The molecular formula is C17H11N4S. The van der Waals surface area contributed by atoms with Crippen molar-refractivity contribution in [2.75, 3.05) is 0 Å². The lowest BCUT2D eigenvalue weighted by Crippen LogP contribution is -2.00. The zero-order valence-corrected chi connectivity index (χ0v) is 12.4. The molecule has 2 heterocycles. The largest absolute Gasteiger partial charge is 0.158 e. The first-order chi connectivity index (χ1) is 10.9. The molecular weight excluding hydrogens is 292 g/mol. The van der Waals surface area contributed by atoms with Crippen LogP contribution in [-0.4, -0.2) is 15.3 Å². The van der Waals surface area contributed by atoms with Crippen LogP contribution in [0.2, 0.25) is 0 Å². The zero-order valence-electron chi connectivity index (χ0n) is 11.5. The van der Waals surface area contributed by atoms with Crippen molar-refractivity contribution in [3.05, 3.63) is 71.8 Å². The summed E-state index contributed by atoms with van der Waals surface area (Å²) in [6.45, 7) is 0. The number of nitrogens with zero attached hydrogens (tertiary/aromatic N) is 4. The summed E-state index contributed by atoms with van der Waals surface area (Å²) in [6, 6.07) is 16.5. The van der Waals surface area contributed by atoms with Crippen molar-refractivity contribution < 1.29 is 0 Å². The van der Waals surface area contributed by atoms with E-state index in [9.17, 15) is 0 Å². The number of hydrogen-bond acceptors (Lipinski definition) is 4. The summed E-state index contributed by atoms with van der Waals surface area (Å²) in [5, 5.41) is 10.4. The molecule has 0 fully saturated rings. The molecule has 0 unspecified atom stereocenters. The summed E-state index contributed by atoms with van der Waals surface area (Å²) in [7, 11) is 0. The molecule has 5 heteroatoms. The Kier molecular flexibility index (Phi) is 3.25. The molecule has 1 radical (unpaired) electrons. The number of benzene rings is 2. The van der Waals surface area contributed by atoms with E-state index in [0.717, 1.165) is 33.7 Å². The molecule has 4 nitrogen and oxygen atoms in total. The standard InChI is InChI=1S/C17H11N4S/c1-2-5-12(6-3-1)13-7-4-8-14(15-9-10-18-19-15)17(13)16-11-22-21-20-16/h1-11H. The summed E-state index contributed by atoms with van der Waals surface area (Å²) >= 11 is 1.35. The van der Waals surface area contributed by atoms with Crippen LogP contribution < -0.4 is 5.43 Å². The maximum absolute atomic E-state index is 4.26. The van der Waals surface area contributed by atoms with E-state index in [1.807, 2.05) is 41.8 Å².